The van der Waals surface area contributed by atoms with Crippen LogP contribution in [0.3, 0.4) is 0 Å². The third kappa shape index (κ3) is 5.53. The van der Waals surface area contributed by atoms with Crippen molar-refractivity contribution in [2.75, 3.05) is 25.5 Å². The molecule has 1 aliphatic rings. The predicted molar refractivity (Wildman–Crippen MR) is 88.9 cm³/mol. The van der Waals surface area contributed by atoms with Crippen LogP contribution in [0.2, 0.25) is 0 Å². The first-order chi connectivity index (χ1) is 10.2. The van der Waals surface area contributed by atoms with Gasteiger partial charge < -0.3 is 10.1 Å². The zero-order valence-corrected chi connectivity index (χ0v) is 14.0. The largest absolute Gasteiger partial charge is 0.381 e. The molecule has 1 fully saturated rings. The van der Waals surface area contributed by atoms with Crippen LogP contribution < -0.4 is 5.32 Å². The molecule has 0 saturated carbocycles. The zero-order chi connectivity index (χ0) is 15.1. The second-order valence-electron chi connectivity index (χ2n) is 5.92. The molecule has 1 aromatic carbocycles. The van der Waals surface area contributed by atoms with Gasteiger partial charge in [-0.25, -0.2) is 0 Å². The molecule has 3 nitrogen and oxygen atoms in total. The normalized spacial score (nSPS) is 21.3. The Labute approximate surface area is 130 Å². The summed E-state index contributed by atoms with van der Waals surface area (Å²) in [5.41, 5.74) is 2.40. The highest BCUT2D eigenvalue weighted by molar-refractivity contribution is 7.84. The van der Waals surface area contributed by atoms with Crippen LogP contribution >= 0.6 is 0 Å². The first kappa shape index (κ1) is 16.7. The molecule has 0 bridgehead atoms. The van der Waals surface area contributed by atoms with Crippen LogP contribution in [0.1, 0.15) is 30.9 Å². The molecule has 0 aliphatic carbocycles. The van der Waals surface area contributed by atoms with Gasteiger partial charge in [0, 0.05) is 40.9 Å². The molecule has 0 amide bonds. The maximum Gasteiger partial charge on any atom is 0.0510 e. The van der Waals surface area contributed by atoms with Crippen LogP contribution in [0, 0.1) is 12.8 Å². The van der Waals surface area contributed by atoms with Gasteiger partial charge in [-0.1, -0.05) is 36.8 Å². The number of hydrogen-bond donors (Lipinski definition) is 1. The van der Waals surface area contributed by atoms with Crippen molar-refractivity contribution in [3.8, 4) is 0 Å². The summed E-state index contributed by atoms with van der Waals surface area (Å²) < 4.78 is 18.0. The molecule has 0 radical (unpaired) electrons. The van der Waals surface area contributed by atoms with E-state index in [0.29, 0.717) is 17.7 Å². The van der Waals surface area contributed by atoms with Gasteiger partial charge in [-0.3, -0.25) is 4.21 Å². The van der Waals surface area contributed by atoms with Gasteiger partial charge in [-0.2, -0.15) is 0 Å². The molecule has 1 saturated heterocycles. The summed E-state index contributed by atoms with van der Waals surface area (Å²) in [5.74, 6) is 1.89. The summed E-state index contributed by atoms with van der Waals surface area (Å²) in [5, 5.41) is 3.57. The molecule has 1 aliphatic heterocycles. The van der Waals surface area contributed by atoms with E-state index in [0.717, 1.165) is 38.4 Å². The van der Waals surface area contributed by atoms with E-state index in [-0.39, 0.29) is 0 Å². The number of nitrogens with one attached hydrogen (secondary N) is 1. The first-order valence-electron chi connectivity index (χ1n) is 7.90. The standard InChI is InChI=1S/C17H27NO2S/c1-3-8-18-17(16-7-9-20-11-16)13-21(19)12-15-6-4-5-14(2)10-15/h4-6,10,16-18H,3,7-9,11-13H2,1-2H3. The predicted octanol–water partition coefficient (Wildman–Crippen LogP) is 2.65. The molecule has 118 valence electrons. The molecule has 21 heavy (non-hydrogen) atoms. The van der Waals surface area contributed by atoms with E-state index >= 15 is 0 Å². The molecule has 1 heterocycles. The highest BCUT2D eigenvalue weighted by Crippen LogP contribution is 2.18. The minimum absolute atomic E-state index is 0.318. The van der Waals surface area contributed by atoms with Crippen LogP contribution in [0.4, 0.5) is 0 Å². The highest BCUT2D eigenvalue weighted by atomic mass is 32.2. The van der Waals surface area contributed by atoms with Crippen molar-refractivity contribution in [3.63, 3.8) is 0 Å². The molecule has 1 aromatic rings. The van der Waals surface area contributed by atoms with E-state index in [4.69, 9.17) is 4.74 Å². The van der Waals surface area contributed by atoms with Crippen molar-refractivity contribution in [2.24, 2.45) is 5.92 Å². The lowest BCUT2D eigenvalue weighted by Crippen LogP contribution is -2.41. The summed E-state index contributed by atoms with van der Waals surface area (Å²) in [6.07, 6.45) is 2.19. The lowest BCUT2D eigenvalue weighted by Gasteiger charge is -2.23. The topological polar surface area (TPSA) is 38.3 Å². The van der Waals surface area contributed by atoms with E-state index in [9.17, 15) is 4.21 Å². The average molecular weight is 309 g/mol. The van der Waals surface area contributed by atoms with Crippen molar-refractivity contribution in [1.82, 2.24) is 5.32 Å². The fourth-order valence-electron chi connectivity index (χ4n) is 2.81. The van der Waals surface area contributed by atoms with Gasteiger partial charge in [-0.05, 0) is 31.9 Å². The smallest absolute Gasteiger partial charge is 0.0510 e. The number of rotatable bonds is 8. The molecule has 3 unspecified atom stereocenters. The summed E-state index contributed by atoms with van der Waals surface area (Å²) in [7, 11) is -0.827. The van der Waals surface area contributed by atoms with Gasteiger partial charge in [-0.15, -0.1) is 0 Å². The van der Waals surface area contributed by atoms with Crippen LogP contribution in [0.5, 0.6) is 0 Å². The minimum Gasteiger partial charge on any atom is -0.381 e. The van der Waals surface area contributed by atoms with Crippen LogP contribution in [0.25, 0.3) is 0 Å². The summed E-state index contributed by atoms with van der Waals surface area (Å²) in [4.78, 5) is 0. The van der Waals surface area contributed by atoms with E-state index in [1.165, 1.54) is 11.1 Å². The van der Waals surface area contributed by atoms with Gasteiger partial charge in [0.15, 0.2) is 0 Å². The Morgan fingerprint density at radius 3 is 3.00 bits per heavy atom. The van der Waals surface area contributed by atoms with Gasteiger partial charge in [0.2, 0.25) is 0 Å². The van der Waals surface area contributed by atoms with E-state index in [2.05, 4.69) is 37.4 Å². The number of benzene rings is 1. The number of ether oxygens (including phenoxy) is 1. The van der Waals surface area contributed by atoms with Crippen molar-refractivity contribution in [2.45, 2.75) is 38.5 Å². The first-order valence-corrected chi connectivity index (χ1v) is 9.39. The third-order valence-corrected chi connectivity index (χ3v) is 5.35. The molecular weight excluding hydrogens is 282 g/mol. The maximum atomic E-state index is 12.5. The van der Waals surface area contributed by atoms with Gasteiger partial charge in [0.25, 0.3) is 0 Å². The van der Waals surface area contributed by atoms with Gasteiger partial charge in [0.05, 0.1) is 6.61 Å². The zero-order valence-electron chi connectivity index (χ0n) is 13.1. The second kappa shape index (κ2) is 8.66. The van der Waals surface area contributed by atoms with Gasteiger partial charge in [0.1, 0.15) is 0 Å². The van der Waals surface area contributed by atoms with Gasteiger partial charge >= 0.3 is 0 Å². The SMILES string of the molecule is CCCNC(CS(=O)Cc1cccc(C)c1)C1CCOC1. The summed E-state index contributed by atoms with van der Waals surface area (Å²) in [6, 6.07) is 8.63. The quantitative estimate of drug-likeness (QED) is 0.802. The molecule has 0 aromatic heterocycles. The monoisotopic (exact) mass is 309 g/mol. The Morgan fingerprint density at radius 1 is 1.48 bits per heavy atom. The van der Waals surface area contributed by atoms with Crippen LogP contribution in [-0.2, 0) is 21.3 Å². The Balaban J connectivity index is 1.90. The maximum absolute atomic E-state index is 12.5. The second-order valence-corrected chi connectivity index (χ2v) is 7.43. The molecule has 1 N–H and O–H groups in total. The van der Waals surface area contributed by atoms with Crippen molar-refractivity contribution < 1.29 is 8.95 Å². The Hall–Kier alpha value is -0.710. The Morgan fingerprint density at radius 2 is 2.33 bits per heavy atom. The van der Waals surface area contributed by atoms with E-state index in [1.54, 1.807) is 0 Å². The van der Waals surface area contributed by atoms with Crippen molar-refractivity contribution in [3.05, 3.63) is 35.4 Å². The third-order valence-electron chi connectivity index (χ3n) is 3.97. The average Bonchev–Trinajstić information content (AvgIpc) is 2.97. The van der Waals surface area contributed by atoms with E-state index < -0.39 is 10.8 Å². The van der Waals surface area contributed by atoms with Crippen molar-refractivity contribution >= 4 is 10.8 Å². The lowest BCUT2D eigenvalue weighted by molar-refractivity contribution is 0.179. The molecular formula is C17H27NO2S. The van der Waals surface area contributed by atoms with Crippen LogP contribution in [0.15, 0.2) is 24.3 Å². The lowest BCUT2D eigenvalue weighted by atomic mass is 10.0. The van der Waals surface area contributed by atoms with E-state index in [1.807, 2.05) is 6.07 Å². The number of hydrogen-bond acceptors (Lipinski definition) is 3. The molecule has 2 rings (SSSR count). The molecule has 3 atom stereocenters. The Bertz CT molecular complexity index is 458. The fourth-order valence-corrected chi connectivity index (χ4v) is 4.27. The molecule has 4 heteroatoms. The number of aryl methyl sites for hydroxylation is 1. The summed E-state index contributed by atoms with van der Waals surface area (Å²) >= 11 is 0. The van der Waals surface area contributed by atoms with Crippen molar-refractivity contribution in [1.29, 1.82) is 0 Å². The van der Waals surface area contributed by atoms with Crippen LogP contribution in [-0.4, -0.2) is 35.8 Å². The molecule has 0 spiro atoms. The fraction of sp³-hybridized carbons (Fsp3) is 0.647. The summed E-state index contributed by atoms with van der Waals surface area (Å²) in [6.45, 7) is 6.89. The Kier molecular flexibility index (Phi) is 6.87. The minimum atomic E-state index is -0.827. The highest BCUT2D eigenvalue weighted by Gasteiger charge is 2.26.